The Morgan fingerprint density at radius 1 is 1.17 bits per heavy atom. The molecule has 2 aromatic carbocycles. The van der Waals surface area contributed by atoms with Crippen molar-refractivity contribution >= 4 is 21.7 Å². The lowest BCUT2D eigenvalue weighted by molar-refractivity contribution is -0.152. The molecule has 0 saturated carbocycles. The van der Waals surface area contributed by atoms with E-state index in [1.807, 2.05) is 0 Å². The number of aryl methyl sites for hydroxylation is 1. The molecule has 1 N–H and O–H groups in total. The van der Waals surface area contributed by atoms with Crippen LogP contribution in [0, 0.1) is 0 Å². The Balaban J connectivity index is 1.69. The SMILES string of the molecule is CC(=O)O[C@H](C)C(=O)NC[C@H]1CCc2ccc(S(=O)(=O)c3ccccc3)cc2O1. The molecule has 0 aliphatic carbocycles. The van der Waals surface area contributed by atoms with Crippen LogP contribution in [0.5, 0.6) is 5.75 Å². The first-order valence-corrected chi connectivity index (χ1v) is 10.8. The summed E-state index contributed by atoms with van der Waals surface area (Å²) in [6, 6.07) is 13.1. The second-order valence-corrected chi connectivity index (χ2v) is 8.81. The predicted octanol–water partition coefficient (Wildman–Crippen LogP) is 2.28. The van der Waals surface area contributed by atoms with E-state index in [-0.39, 0.29) is 22.4 Å². The van der Waals surface area contributed by atoms with Crippen molar-refractivity contribution in [3.8, 4) is 5.75 Å². The lowest BCUT2D eigenvalue weighted by Crippen LogP contribution is -2.42. The van der Waals surface area contributed by atoms with Gasteiger partial charge in [0, 0.05) is 6.92 Å². The molecule has 2 atom stereocenters. The van der Waals surface area contributed by atoms with Gasteiger partial charge in [0.2, 0.25) is 9.84 Å². The van der Waals surface area contributed by atoms with Crippen molar-refractivity contribution in [1.29, 1.82) is 0 Å². The van der Waals surface area contributed by atoms with E-state index in [1.165, 1.54) is 19.9 Å². The van der Waals surface area contributed by atoms with E-state index in [4.69, 9.17) is 9.47 Å². The van der Waals surface area contributed by atoms with Gasteiger partial charge in [-0.05, 0) is 49.6 Å². The first-order chi connectivity index (χ1) is 13.8. The second kappa shape index (κ2) is 8.65. The van der Waals surface area contributed by atoms with Crippen molar-refractivity contribution < 1.29 is 27.5 Å². The summed E-state index contributed by atoms with van der Waals surface area (Å²) in [5.74, 6) is -0.432. The third-order valence-corrected chi connectivity index (χ3v) is 6.41. The molecule has 1 heterocycles. The van der Waals surface area contributed by atoms with Crippen molar-refractivity contribution in [2.45, 2.75) is 48.7 Å². The summed E-state index contributed by atoms with van der Waals surface area (Å²) in [6.45, 7) is 2.97. The van der Waals surface area contributed by atoms with E-state index in [2.05, 4.69) is 5.32 Å². The van der Waals surface area contributed by atoms with Gasteiger partial charge in [-0.15, -0.1) is 0 Å². The lowest BCUT2D eigenvalue weighted by atomic mass is 10.0. The van der Waals surface area contributed by atoms with Gasteiger partial charge >= 0.3 is 5.97 Å². The number of amides is 1. The highest BCUT2D eigenvalue weighted by molar-refractivity contribution is 7.91. The third kappa shape index (κ3) is 4.95. The van der Waals surface area contributed by atoms with E-state index in [0.29, 0.717) is 18.6 Å². The molecule has 0 aromatic heterocycles. The molecular formula is C21H23NO6S. The quantitative estimate of drug-likeness (QED) is 0.724. The summed E-state index contributed by atoms with van der Waals surface area (Å²) < 4.78 is 36.4. The molecule has 1 aliphatic heterocycles. The van der Waals surface area contributed by atoms with Crippen molar-refractivity contribution in [2.24, 2.45) is 0 Å². The van der Waals surface area contributed by atoms with Gasteiger partial charge in [0.25, 0.3) is 5.91 Å². The average Bonchev–Trinajstić information content (AvgIpc) is 2.71. The zero-order chi connectivity index (χ0) is 21.0. The highest BCUT2D eigenvalue weighted by Crippen LogP contribution is 2.32. The fourth-order valence-corrected chi connectivity index (χ4v) is 4.41. The molecule has 3 rings (SSSR count). The summed E-state index contributed by atoms with van der Waals surface area (Å²) in [7, 11) is -3.64. The fourth-order valence-electron chi connectivity index (χ4n) is 3.11. The average molecular weight is 417 g/mol. The Morgan fingerprint density at radius 2 is 1.90 bits per heavy atom. The van der Waals surface area contributed by atoms with E-state index >= 15 is 0 Å². The molecule has 0 fully saturated rings. The number of benzene rings is 2. The van der Waals surface area contributed by atoms with Gasteiger partial charge in [0.15, 0.2) is 6.10 Å². The van der Waals surface area contributed by atoms with E-state index < -0.39 is 27.8 Å². The highest BCUT2D eigenvalue weighted by Gasteiger charge is 2.25. The number of fused-ring (bicyclic) bond motifs is 1. The number of carbonyl (C=O) groups excluding carboxylic acids is 2. The largest absolute Gasteiger partial charge is 0.488 e. The van der Waals surface area contributed by atoms with Crippen LogP contribution in [-0.4, -0.2) is 39.0 Å². The molecule has 7 nitrogen and oxygen atoms in total. The van der Waals surface area contributed by atoms with Crippen LogP contribution < -0.4 is 10.1 Å². The van der Waals surface area contributed by atoms with Crippen LogP contribution in [0.3, 0.4) is 0 Å². The number of ether oxygens (including phenoxy) is 2. The zero-order valence-electron chi connectivity index (χ0n) is 16.3. The Morgan fingerprint density at radius 3 is 2.59 bits per heavy atom. The first kappa shape index (κ1) is 20.9. The van der Waals surface area contributed by atoms with Gasteiger partial charge in [0.1, 0.15) is 11.9 Å². The van der Waals surface area contributed by atoms with Gasteiger partial charge in [-0.2, -0.15) is 0 Å². The summed E-state index contributed by atoms with van der Waals surface area (Å²) >= 11 is 0. The highest BCUT2D eigenvalue weighted by atomic mass is 32.2. The number of esters is 1. The minimum atomic E-state index is -3.64. The van der Waals surface area contributed by atoms with Crippen molar-refractivity contribution in [2.75, 3.05) is 6.54 Å². The third-order valence-electron chi connectivity index (χ3n) is 4.65. The van der Waals surface area contributed by atoms with Crippen LogP contribution in [0.4, 0.5) is 0 Å². The summed E-state index contributed by atoms with van der Waals surface area (Å²) in [5.41, 5.74) is 0.924. The number of rotatable bonds is 6. The molecule has 0 bridgehead atoms. The van der Waals surface area contributed by atoms with Gasteiger partial charge in [-0.1, -0.05) is 24.3 Å². The fraction of sp³-hybridized carbons (Fsp3) is 0.333. The number of sulfone groups is 1. The topological polar surface area (TPSA) is 98.8 Å². The van der Waals surface area contributed by atoms with Crippen molar-refractivity contribution in [1.82, 2.24) is 5.32 Å². The molecule has 0 spiro atoms. The Hall–Kier alpha value is -2.87. The molecule has 0 saturated heterocycles. The van der Waals surface area contributed by atoms with Crippen LogP contribution in [-0.2, 0) is 30.6 Å². The molecular weight excluding hydrogens is 394 g/mol. The number of hydrogen-bond acceptors (Lipinski definition) is 6. The predicted molar refractivity (Wildman–Crippen MR) is 105 cm³/mol. The molecule has 2 aromatic rings. The van der Waals surface area contributed by atoms with E-state index in [0.717, 1.165) is 5.56 Å². The van der Waals surface area contributed by atoms with Crippen molar-refractivity contribution in [3.63, 3.8) is 0 Å². The summed E-state index contributed by atoms with van der Waals surface area (Å²) in [4.78, 5) is 23.3. The summed E-state index contributed by atoms with van der Waals surface area (Å²) in [5, 5.41) is 2.70. The number of hydrogen-bond donors (Lipinski definition) is 1. The molecule has 154 valence electrons. The maximum atomic E-state index is 12.8. The van der Waals surface area contributed by atoms with E-state index in [9.17, 15) is 18.0 Å². The monoisotopic (exact) mass is 417 g/mol. The van der Waals surface area contributed by atoms with Crippen LogP contribution in [0.25, 0.3) is 0 Å². The van der Waals surface area contributed by atoms with Gasteiger partial charge < -0.3 is 14.8 Å². The Kier molecular flexibility index (Phi) is 6.22. The molecule has 1 amide bonds. The maximum Gasteiger partial charge on any atom is 0.303 e. The van der Waals surface area contributed by atoms with Gasteiger partial charge in [-0.25, -0.2) is 8.42 Å². The molecule has 1 aliphatic rings. The van der Waals surface area contributed by atoms with Crippen LogP contribution in [0.1, 0.15) is 25.8 Å². The molecule has 29 heavy (non-hydrogen) atoms. The zero-order valence-corrected chi connectivity index (χ0v) is 17.1. The Labute approximate surface area is 169 Å². The molecule has 0 unspecified atom stereocenters. The number of carbonyl (C=O) groups is 2. The van der Waals surface area contributed by atoms with Crippen LogP contribution in [0.15, 0.2) is 58.3 Å². The van der Waals surface area contributed by atoms with Gasteiger partial charge in [-0.3, -0.25) is 9.59 Å². The van der Waals surface area contributed by atoms with Crippen LogP contribution in [0.2, 0.25) is 0 Å². The maximum absolute atomic E-state index is 12.8. The molecule has 8 heteroatoms. The molecule has 0 radical (unpaired) electrons. The van der Waals surface area contributed by atoms with Crippen LogP contribution >= 0.6 is 0 Å². The minimum Gasteiger partial charge on any atom is -0.488 e. The minimum absolute atomic E-state index is 0.163. The normalized spacial score (nSPS) is 16.8. The smallest absolute Gasteiger partial charge is 0.303 e. The standard InChI is InChI=1S/C21H23NO6S/c1-14(27-15(2)23)21(24)22-13-17-10-8-16-9-11-19(12-20(16)28-17)29(25,26)18-6-4-3-5-7-18/h3-7,9,11-12,14,17H,8,10,13H2,1-2H3,(H,22,24)/t14-,17-/m1/s1. The first-order valence-electron chi connectivity index (χ1n) is 9.32. The van der Waals surface area contributed by atoms with Gasteiger partial charge in [0.05, 0.1) is 16.3 Å². The number of nitrogens with one attached hydrogen (secondary N) is 1. The lowest BCUT2D eigenvalue weighted by Gasteiger charge is -2.27. The van der Waals surface area contributed by atoms with Crippen molar-refractivity contribution in [3.05, 3.63) is 54.1 Å². The second-order valence-electron chi connectivity index (χ2n) is 6.86. The summed E-state index contributed by atoms with van der Waals surface area (Å²) in [6.07, 6.45) is 0.206. The van der Waals surface area contributed by atoms with E-state index in [1.54, 1.807) is 42.5 Å². The Bertz CT molecular complexity index is 1000.